The molecule has 0 fully saturated rings. The quantitative estimate of drug-likeness (QED) is 0.324. The highest BCUT2D eigenvalue weighted by atomic mass is 33.3. The van der Waals surface area contributed by atoms with Crippen LogP contribution in [-0.4, -0.2) is 18.8 Å². The van der Waals surface area contributed by atoms with Crippen LogP contribution in [0.3, 0.4) is 0 Å². The first-order valence-electron chi connectivity index (χ1n) is 0.983. The molecule has 0 rings (SSSR count). The molecule has 0 bridgehead atoms. The molecule has 0 heterocycles. The Kier molecular flexibility index (Phi) is 5.31. The molecule has 0 saturated heterocycles. The third-order valence-corrected chi connectivity index (χ3v) is 13.5. The van der Waals surface area contributed by atoms with Gasteiger partial charge < -0.3 is 0 Å². The molecule has 0 unspecified atom stereocenters. The highest BCUT2D eigenvalue weighted by molar-refractivity contribution is 8.91. The summed E-state index contributed by atoms with van der Waals surface area (Å²) < 4.78 is 0. The summed E-state index contributed by atoms with van der Waals surface area (Å²) in [5.41, 5.74) is 0. The normalized spacial score (nSPS) is 9.00. The van der Waals surface area contributed by atoms with Crippen molar-refractivity contribution >= 4 is 39.3 Å². The summed E-state index contributed by atoms with van der Waals surface area (Å²) in [6.07, 6.45) is 0. The van der Waals surface area contributed by atoms with Crippen molar-refractivity contribution in [3.05, 3.63) is 0 Å². The molecule has 0 amide bonds. The SMILES string of the molecule is [SiH3]SS[SiH3]. The zero-order chi connectivity index (χ0) is 3.41. The molecule has 26 valence electrons. The van der Waals surface area contributed by atoms with Crippen molar-refractivity contribution in [2.45, 2.75) is 0 Å². The van der Waals surface area contributed by atoms with E-state index in [-0.39, 0.29) is 0 Å². The third kappa shape index (κ3) is 3.13. The fraction of sp³-hybridized carbons (Fsp3) is 0. The van der Waals surface area contributed by atoms with Crippen molar-refractivity contribution in [3.63, 3.8) is 0 Å². The van der Waals surface area contributed by atoms with Crippen LogP contribution in [0, 0.1) is 0 Å². The lowest BCUT2D eigenvalue weighted by Gasteiger charge is -1.70. The highest BCUT2D eigenvalue weighted by Crippen LogP contribution is 2.06. The van der Waals surface area contributed by atoms with Crippen LogP contribution in [0.5, 0.6) is 0 Å². The fourth-order valence-electron chi connectivity index (χ4n) is 0. The van der Waals surface area contributed by atoms with Crippen molar-refractivity contribution < 1.29 is 0 Å². The molecular formula is H6S2Si2. The maximum absolute atomic E-state index is 1.97. The van der Waals surface area contributed by atoms with E-state index in [1.807, 2.05) is 20.5 Å². The molecule has 0 nitrogen and oxygen atoms in total. The fourth-order valence-corrected chi connectivity index (χ4v) is 0. The summed E-state index contributed by atoms with van der Waals surface area (Å²) in [6, 6.07) is 0. The van der Waals surface area contributed by atoms with Crippen LogP contribution in [0.1, 0.15) is 0 Å². The van der Waals surface area contributed by atoms with Crippen LogP contribution < -0.4 is 0 Å². The van der Waals surface area contributed by atoms with Crippen molar-refractivity contribution in [2.75, 3.05) is 0 Å². The molecule has 0 aromatic carbocycles. The molecule has 0 atom stereocenters. The standard InChI is InChI=1S/H6S2Si2/c3-1-2-4/h3-4H3. The minimum atomic E-state index is 1.30. The smallest absolute Gasteiger partial charge is 0.0827 e. The lowest BCUT2D eigenvalue weighted by Crippen LogP contribution is -1.37. The molecule has 0 saturated carbocycles. The molecule has 0 aromatic heterocycles. The monoisotopic (exact) mass is 126 g/mol. The molecule has 4 heavy (non-hydrogen) atoms. The Morgan fingerprint density at radius 1 is 1.00 bits per heavy atom. The van der Waals surface area contributed by atoms with Gasteiger partial charge in [0.25, 0.3) is 0 Å². The van der Waals surface area contributed by atoms with Gasteiger partial charge in [-0.25, -0.2) is 0 Å². The van der Waals surface area contributed by atoms with Crippen LogP contribution in [0.2, 0.25) is 0 Å². The van der Waals surface area contributed by atoms with E-state index >= 15 is 0 Å². The van der Waals surface area contributed by atoms with Crippen LogP contribution in [0.4, 0.5) is 0 Å². The van der Waals surface area contributed by atoms with E-state index in [4.69, 9.17) is 0 Å². The number of hydrogen-bond donors (Lipinski definition) is 0. The Labute approximate surface area is 39.6 Å². The van der Waals surface area contributed by atoms with E-state index in [1.54, 1.807) is 0 Å². The maximum atomic E-state index is 1.97. The van der Waals surface area contributed by atoms with Crippen molar-refractivity contribution in [2.24, 2.45) is 0 Å². The van der Waals surface area contributed by atoms with Gasteiger partial charge in [-0.3, -0.25) is 0 Å². The zero-order valence-corrected chi connectivity index (χ0v) is 8.45. The van der Waals surface area contributed by atoms with Gasteiger partial charge in [-0.2, -0.15) is 0 Å². The molecular weight excluding hydrogens is 120 g/mol. The summed E-state index contributed by atoms with van der Waals surface area (Å²) in [6.45, 7) is 0. The second-order valence-electron chi connectivity index (χ2n) is 0.333. The van der Waals surface area contributed by atoms with Gasteiger partial charge in [-0.05, 0) is 0 Å². The first kappa shape index (κ1) is 5.13. The lowest BCUT2D eigenvalue weighted by atomic mass is 27.8. The first-order valence-corrected chi connectivity index (χ1v) is 8.85. The Morgan fingerprint density at radius 3 is 1.25 bits per heavy atom. The van der Waals surface area contributed by atoms with E-state index < -0.39 is 0 Å². The van der Waals surface area contributed by atoms with E-state index in [1.165, 1.54) is 18.8 Å². The summed E-state index contributed by atoms with van der Waals surface area (Å²) >= 11 is 0. The second kappa shape index (κ2) is 4.13. The Morgan fingerprint density at radius 2 is 1.25 bits per heavy atom. The average molecular weight is 126 g/mol. The van der Waals surface area contributed by atoms with Gasteiger partial charge in [-0.15, -0.1) is 20.5 Å². The Balaban J connectivity index is 1.97. The van der Waals surface area contributed by atoms with Gasteiger partial charge in [0.2, 0.25) is 0 Å². The number of hydrogen-bond acceptors (Lipinski definition) is 2. The van der Waals surface area contributed by atoms with Crippen LogP contribution in [-0.2, 0) is 0 Å². The zero-order valence-electron chi connectivity index (χ0n) is 2.82. The maximum Gasteiger partial charge on any atom is 0.0827 e. The van der Waals surface area contributed by atoms with Gasteiger partial charge in [0.05, 0.1) is 18.8 Å². The van der Waals surface area contributed by atoms with Crippen molar-refractivity contribution in [3.8, 4) is 0 Å². The van der Waals surface area contributed by atoms with Gasteiger partial charge >= 0.3 is 0 Å². The minimum absolute atomic E-state index is 1.30. The summed E-state index contributed by atoms with van der Waals surface area (Å²) in [5, 5.41) is 0. The van der Waals surface area contributed by atoms with E-state index in [0.717, 1.165) is 0 Å². The third-order valence-electron chi connectivity index (χ3n) is 0.167. The van der Waals surface area contributed by atoms with E-state index in [0.29, 0.717) is 0 Å². The number of rotatable bonds is 1. The topological polar surface area (TPSA) is 0 Å². The highest BCUT2D eigenvalue weighted by Gasteiger charge is 1.54. The van der Waals surface area contributed by atoms with Gasteiger partial charge in [0.1, 0.15) is 0 Å². The predicted octanol–water partition coefficient (Wildman–Crippen LogP) is -1.07. The van der Waals surface area contributed by atoms with Crippen molar-refractivity contribution in [1.82, 2.24) is 0 Å². The van der Waals surface area contributed by atoms with Gasteiger partial charge in [0.15, 0.2) is 0 Å². The summed E-state index contributed by atoms with van der Waals surface area (Å²) in [4.78, 5) is 0. The van der Waals surface area contributed by atoms with E-state index in [9.17, 15) is 0 Å². The largest absolute Gasteiger partial charge is 0.141 e. The molecule has 0 spiro atoms. The molecule has 0 aliphatic heterocycles. The van der Waals surface area contributed by atoms with Crippen LogP contribution in [0.15, 0.2) is 0 Å². The van der Waals surface area contributed by atoms with Crippen LogP contribution >= 0.6 is 20.5 Å². The first-order chi connectivity index (χ1) is 1.91. The van der Waals surface area contributed by atoms with Crippen molar-refractivity contribution in [1.29, 1.82) is 0 Å². The molecule has 0 aliphatic rings. The lowest BCUT2D eigenvalue weighted by molar-refractivity contribution is 5.09. The second-order valence-corrected chi connectivity index (χ2v) is 9.00. The summed E-state index contributed by atoms with van der Waals surface area (Å²) in [5.74, 6) is 0. The molecule has 0 aliphatic carbocycles. The van der Waals surface area contributed by atoms with Crippen LogP contribution in [0.25, 0.3) is 0 Å². The minimum Gasteiger partial charge on any atom is -0.141 e. The van der Waals surface area contributed by atoms with Gasteiger partial charge in [0, 0.05) is 0 Å². The Hall–Kier alpha value is 1.13. The molecule has 0 aromatic rings. The van der Waals surface area contributed by atoms with Gasteiger partial charge in [-0.1, -0.05) is 0 Å². The molecule has 0 radical (unpaired) electrons. The average Bonchev–Trinajstić information content (AvgIpc) is 1.37. The molecule has 0 N–H and O–H groups in total. The summed E-state index contributed by atoms with van der Waals surface area (Å²) in [7, 11) is 6.56. The Bertz CT molecular complexity index is 6.00. The predicted molar refractivity (Wildman–Crippen MR) is 35.1 cm³/mol. The van der Waals surface area contributed by atoms with E-state index in [2.05, 4.69) is 0 Å². The molecule has 4 heteroatoms.